The number of carboxylic acids is 1. The van der Waals surface area contributed by atoms with Crippen molar-refractivity contribution < 1.29 is 41.0 Å². The standard InChI is InChI=1S/C24H21F6N3O3S3/c25-23(26,27)16-7-14(8-17(10-16)24(28,29)30)15-9-18(38-13-15)11-19-21(36)33(22(37)39-19)6-5-31-1-3-32(4-2-31)12-20(34)35/h7-11,13H,1-6,12H2,(H,34,35). The lowest BCUT2D eigenvalue weighted by molar-refractivity contribution is -0.143. The van der Waals surface area contributed by atoms with Crippen LogP contribution in [0.5, 0.6) is 0 Å². The van der Waals surface area contributed by atoms with Crippen molar-refractivity contribution in [2.45, 2.75) is 12.4 Å². The monoisotopic (exact) mass is 609 g/mol. The van der Waals surface area contributed by atoms with Crippen LogP contribution in [0.25, 0.3) is 17.2 Å². The molecule has 1 N–H and O–H groups in total. The van der Waals surface area contributed by atoms with Crippen LogP contribution in [0.15, 0.2) is 34.6 Å². The molecule has 1 aromatic heterocycles. The molecule has 210 valence electrons. The smallest absolute Gasteiger partial charge is 0.416 e. The zero-order valence-electron chi connectivity index (χ0n) is 20.0. The number of carboxylic acid groups (broad SMARTS) is 1. The van der Waals surface area contributed by atoms with Gasteiger partial charge in [0.05, 0.1) is 22.6 Å². The summed E-state index contributed by atoms with van der Waals surface area (Å²) in [7, 11) is 0. The van der Waals surface area contributed by atoms with E-state index in [-0.39, 0.29) is 29.6 Å². The summed E-state index contributed by atoms with van der Waals surface area (Å²) in [5.74, 6) is -1.21. The maximum atomic E-state index is 13.2. The third-order valence-corrected chi connectivity index (χ3v) is 8.41. The summed E-state index contributed by atoms with van der Waals surface area (Å²) in [6, 6.07) is 2.85. The van der Waals surface area contributed by atoms with Crippen LogP contribution >= 0.6 is 35.3 Å². The van der Waals surface area contributed by atoms with E-state index in [1.54, 1.807) is 0 Å². The van der Waals surface area contributed by atoms with Gasteiger partial charge in [-0.05, 0) is 46.8 Å². The van der Waals surface area contributed by atoms with Crippen molar-refractivity contribution in [3.63, 3.8) is 0 Å². The Labute approximate surface area is 232 Å². The van der Waals surface area contributed by atoms with Crippen LogP contribution in [0.2, 0.25) is 0 Å². The van der Waals surface area contributed by atoms with Gasteiger partial charge in [-0.25, -0.2) is 0 Å². The fourth-order valence-corrected chi connectivity index (χ4v) is 6.35. The number of thiophene rings is 1. The summed E-state index contributed by atoms with van der Waals surface area (Å²) in [6.07, 6.45) is -8.37. The molecule has 0 aliphatic carbocycles. The number of piperazine rings is 1. The maximum Gasteiger partial charge on any atom is 0.416 e. The highest BCUT2D eigenvalue weighted by Crippen LogP contribution is 2.40. The van der Waals surface area contributed by atoms with Crippen LogP contribution in [0, 0.1) is 0 Å². The number of hydrogen-bond donors (Lipinski definition) is 1. The molecule has 39 heavy (non-hydrogen) atoms. The number of carbonyl (C=O) groups is 2. The minimum absolute atomic E-state index is 0.0188. The van der Waals surface area contributed by atoms with Crippen molar-refractivity contribution in [1.29, 1.82) is 0 Å². The third kappa shape index (κ3) is 7.39. The molecule has 2 fully saturated rings. The summed E-state index contributed by atoms with van der Waals surface area (Å²) in [6.45, 7) is 3.36. The Bertz CT molecular complexity index is 1270. The number of alkyl halides is 6. The molecule has 3 heterocycles. The molecule has 15 heteroatoms. The van der Waals surface area contributed by atoms with Crippen molar-refractivity contribution >= 4 is 57.6 Å². The number of thiocarbonyl (C=S) groups is 1. The van der Waals surface area contributed by atoms with E-state index >= 15 is 0 Å². The number of thioether (sulfide) groups is 1. The number of benzene rings is 1. The number of aliphatic carboxylic acids is 1. The molecule has 1 amide bonds. The summed E-state index contributed by atoms with van der Waals surface area (Å²) >= 11 is 7.50. The van der Waals surface area contributed by atoms with Crippen LogP contribution in [0.1, 0.15) is 16.0 Å². The van der Waals surface area contributed by atoms with E-state index in [9.17, 15) is 35.9 Å². The summed E-state index contributed by atoms with van der Waals surface area (Å²) < 4.78 is 79.7. The Morgan fingerprint density at radius 2 is 1.51 bits per heavy atom. The molecule has 2 aliphatic heterocycles. The van der Waals surface area contributed by atoms with Crippen LogP contribution in [-0.2, 0) is 21.9 Å². The molecule has 0 saturated carbocycles. The molecule has 1 aromatic carbocycles. The van der Waals surface area contributed by atoms with E-state index in [1.807, 2.05) is 4.90 Å². The van der Waals surface area contributed by atoms with Gasteiger partial charge in [0.15, 0.2) is 0 Å². The van der Waals surface area contributed by atoms with Crippen molar-refractivity contribution in [2.75, 3.05) is 45.8 Å². The van der Waals surface area contributed by atoms with Gasteiger partial charge < -0.3 is 5.11 Å². The molecular formula is C24H21F6N3O3S3. The first kappa shape index (κ1) is 29.5. The Morgan fingerprint density at radius 3 is 2.08 bits per heavy atom. The molecule has 0 unspecified atom stereocenters. The highest BCUT2D eigenvalue weighted by atomic mass is 32.2. The third-order valence-electron chi connectivity index (χ3n) is 6.15. The molecule has 4 rings (SSSR count). The van der Waals surface area contributed by atoms with Crippen molar-refractivity contribution in [3.8, 4) is 11.1 Å². The zero-order chi connectivity index (χ0) is 28.5. The number of halogens is 6. The van der Waals surface area contributed by atoms with Gasteiger partial charge in [0.1, 0.15) is 4.32 Å². The lowest BCUT2D eigenvalue weighted by Crippen LogP contribution is -2.49. The lowest BCUT2D eigenvalue weighted by atomic mass is 10.0. The number of amides is 1. The quantitative estimate of drug-likeness (QED) is 0.258. The predicted molar refractivity (Wildman–Crippen MR) is 140 cm³/mol. The molecule has 2 aromatic rings. The minimum Gasteiger partial charge on any atom is -0.480 e. The predicted octanol–water partition coefficient (Wildman–Crippen LogP) is 5.36. The van der Waals surface area contributed by atoms with Crippen LogP contribution < -0.4 is 0 Å². The first-order valence-corrected chi connectivity index (χ1v) is 13.6. The fraction of sp³-hybridized carbons (Fsp3) is 0.375. The molecule has 0 spiro atoms. The number of hydrogen-bond acceptors (Lipinski definition) is 7. The van der Waals surface area contributed by atoms with Gasteiger partial charge in [-0.15, -0.1) is 11.3 Å². The molecule has 6 nitrogen and oxygen atoms in total. The van der Waals surface area contributed by atoms with Gasteiger partial charge in [0.2, 0.25) is 0 Å². The second-order valence-corrected chi connectivity index (χ2v) is 11.5. The van der Waals surface area contributed by atoms with Crippen LogP contribution in [0.4, 0.5) is 26.3 Å². The van der Waals surface area contributed by atoms with Gasteiger partial charge in [-0.3, -0.25) is 24.3 Å². The number of rotatable bonds is 7. The minimum atomic E-state index is -4.95. The Kier molecular flexibility index (Phi) is 8.76. The highest BCUT2D eigenvalue weighted by molar-refractivity contribution is 8.26. The molecule has 2 saturated heterocycles. The lowest BCUT2D eigenvalue weighted by Gasteiger charge is -2.34. The number of carbonyl (C=O) groups excluding carboxylic acids is 1. The molecular weight excluding hydrogens is 588 g/mol. The van der Waals surface area contributed by atoms with Gasteiger partial charge in [0, 0.05) is 44.1 Å². The Balaban J connectivity index is 1.44. The summed E-state index contributed by atoms with van der Waals surface area (Å²) in [5, 5.41) is 10.3. The molecule has 2 aliphatic rings. The second-order valence-electron chi connectivity index (χ2n) is 8.88. The van der Waals surface area contributed by atoms with Gasteiger partial charge in [-0.2, -0.15) is 26.3 Å². The average molecular weight is 610 g/mol. The Morgan fingerprint density at radius 1 is 0.923 bits per heavy atom. The molecule has 0 bridgehead atoms. The first-order valence-electron chi connectivity index (χ1n) is 11.5. The van der Waals surface area contributed by atoms with Crippen molar-refractivity contribution in [1.82, 2.24) is 14.7 Å². The van der Waals surface area contributed by atoms with E-state index in [0.717, 1.165) is 23.1 Å². The van der Waals surface area contributed by atoms with E-state index in [0.29, 0.717) is 65.5 Å². The van der Waals surface area contributed by atoms with E-state index < -0.39 is 29.4 Å². The zero-order valence-corrected chi connectivity index (χ0v) is 22.5. The molecule has 0 atom stereocenters. The van der Waals surface area contributed by atoms with E-state index in [2.05, 4.69) is 4.90 Å². The first-order chi connectivity index (χ1) is 18.2. The highest BCUT2D eigenvalue weighted by Gasteiger charge is 2.37. The van der Waals surface area contributed by atoms with Crippen LogP contribution in [-0.4, -0.2) is 81.8 Å². The fourth-order valence-electron chi connectivity index (χ4n) is 4.13. The maximum absolute atomic E-state index is 13.2. The topological polar surface area (TPSA) is 64.1 Å². The van der Waals surface area contributed by atoms with Crippen LogP contribution in [0.3, 0.4) is 0 Å². The average Bonchev–Trinajstić information content (AvgIpc) is 3.41. The van der Waals surface area contributed by atoms with Crippen molar-refractivity contribution in [2.24, 2.45) is 0 Å². The van der Waals surface area contributed by atoms with Gasteiger partial charge >= 0.3 is 18.3 Å². The summed E-state index contributed by atoms with van der Waals surface area (Å²) in [4.78, 5) is 30.0. The largest absolute Gasteiger partial charge is 0.480 e. The van der Waals surface area contributed by atoms with Gasteiger partial charge in [0.25, 0.3) is 5.91 Å². The van der Waals surface area contributed by atoms with Crippen molar-refractivity contribution in [3.05, 3.63) is 50.6 Å². The van der Waals surface area contributed by atoms with E-state index in [4.69, 9.17) is 17.3 Å². The summed E-state index contributed by atoms with van der Waals surface area (Å²) in [5.41, 5.74) is -2.86. The normalized spacial score (nSPS) is 18.9. The van der Waals surface area contributed by atoms with Gasteiger partial charge in [-0.1, -0.05) is 24.0 Å². The van der Waals surface area contributed by atoms with E-state index in [1.165, 1.54) is 22.4 Å². The SMILES string of the molecule is O=C(O)CN1CCN(CCN2C(=O)C(=Cc3cc(-c4cc(C(F)(F)F)cc(C(F)(F)F)c4)cs3)SC2=S)CC1. The Hall–Kier alpha value is -2.46. The second kappa shape index (κ2) is 11.6. The number of nitrogens with zero attached hydrogens (tertiary/aromatic N) is 3. The molecule has 0 radical (unpaired) electrons.